The highest BCUT2D eigenvalue weighted by Gasteiger charge is 2.17. The maximum Gasteiger partial charge on any atom is 0.160 e. The fourth-order valence-electron chi connectivity index (χ4n) is 8.24. The molecule has 252 valence electrons. The molecule has 4 nitrogen and oxygen atoms in total. The molecule has 0 fully saturated rings. The minimum Gasteiger partial charge on any atom is -0.309 e. The molecule has 54 heavy (non-hydrogen) atoms. The van der Waals surface area contributed by atoms with E-state index >= 15 is 0 Å². The highest BCUT2D eigenvalue weighted by Crippen LogP contribution is 2.38. The molecule has 0 bridgehead atoms. The Labute approximate surface area is 311 Å². The van der Waals surface area contributed by atoms with Gasteiger partial charge in [-0.1, -0.05) is 121 Å². The predicted molar refractivity (Wildman–Crippen MR) is 225 cm³/mol. The highest BCUT2D eigenvalue weighted by molar-refractivity contribution is 6.11. The molecule has 8 aromatic carbocycles. The Hall–Kier alpha value is -7.30. The summed E-state index contributed by atoms with van der Waals surface area (Å²) >= 11 is 0. The van der Waals surface area contributed by atoms with Gasteiger partial charge in [0.05, 0.1) is 33.3 Å². The molecule has 0 unspecified atom stereocenters. The molecule has 0 N–H and O–H groups in total. The van der Waals surface area contributed by atoms with E-state index in [-0.39, 0.29) is 0 Å². The number of para-hydroxylation sites is 5. The zero-order valence-electron chi connectivity index (χ0n) is 29.3. The molecular weight excluding hydrogens is 657 g/mol. The first kappa shape index (κ1) is 30.3. The van der Waals surface area contributed by atoms with E-state index in [1.807, 2.05) is 0 Å². The summed E-state index contributed by atoms with van der Waals surface area (Å²) in [6, 6.07) is 69.0. The van der Waals surface area contributed by atoms with E-state index in [1.54, 1.807) is 0 Å². The largest absolute Gasteiger partial charge is 0.309 e. The standard InChI is InChI=1S/C50H32N4/c1-3-16-37(17-4-1)53-46-25-12-9-21-40(46)43-31-36(27-29-47(43)53)50-51-44-23-10-7-22-42(44)49(52-50)35-15-13-14-33(30-35)34-26-28-41-39-20-8-11-24-45(39)54(48(41)32-34)38-18-5-2-6-19-38/h1-32H. The van der Waals surface area contributed by atoms with Crippen molar-refractivity contribution in [3.8, 4) is 45.1 Å². The molecule has 0 saturated heterocycles. The molecule has 3 heterocycles. The fraction of sp³-hybridized carbons (Fsp3) is 0. The molecule has 0 atom stereocenters. The number of benzene rings is 8. The Balaban J connectivity index is 1.06. The van der Waals surface area contributed by atoms with E-state index in [4.69, 9.17) is 9.97 Å². The van der Waals surface area contributed by atoms with Gasteiger partial charge in [-0.25, -0.2) is 9.97 Å². The second-order valence-electron chi connectivity index (χ2n) is 13.8. The lowest BCUT2D eigenvalue weighted by Crippen LogP contribution is -1.96. The summed E-state index contributed by atoms with van der Waals surface area (Å²) in [6.45, 7) is 0. The van der Waals surface area contributed by atoms with Crippen molar-refractivity contribution in [1.29, 1.82) is 0 Å². The smallest absolute Gasteiger partial charge is 0.160 e. The third-order valence-electron chi connectivity index (χ3n) is 10.7. The van der Waals surface area contributed by atoms with Gasteiger partial charge in [-0.15, -0.1) is 0 Å². The number of fused-ring (bicyclic) bond motifs is 7. The molecule has 0 spiro atoms. The highest BCUT2D eigenvalue weighted by atomic mass is 15.0. The van der Waals surface area contributed by atoms with Gasteiger partial charge in [0.2, 0.25) is 0 Å². The van der Waals surface area contributed by atoms with Crippen molar-refractivity contribution >= 4 is 54.5 Å². The van der Waals surface area contributed by atoms with E-state index in [2.05, 4.69) is 203 Å². The molecule has 0 saturated carbocycles. The molecule has 3 aromatic heterocycles. The van der Waals surface area contributed by atoms with Crippen molar-refractivity contribution in [2.24, 2.45) is 0 Å². The first-order chi connectivity index (χ1) is 26.8. The summed E-state index contributed by atoms with van der Waals surface area (Å²) in [5, 5.41) is 5.90. The van der Waals surface area contributed by atoms with E-state index in [9.17, 15) is 0 Å². The molecule has 0 radical (unpaired) electrons. The van der Waals surface area contributed by atoms with Crippen molar-refractivity contribution < 1.29 is 0 Å². The first-order valence-corrected chi connectivity index (χ1v) is 18.3. The summed E-state index contributed by atoms with van der Waals surface area (Å²) in [5.74, 6) is 0.710. The summed E-state index contributed by atoms with van der Waals surface area (Å²) in [5.41, 5.74) is 13.2. The molecule has 11 aromatic rings. The van der Waals surface area contributed by atoms with Gasteiger partial charge < -0.3 is 9.13 Å². The van der Waals surface area contributed by atoms with Crippen molar-refractivity contribution in [1.82, 2.24) is 19.1 Å². The van der Waals surface area contributed by atoms with E-state index in [0.717, 1.165) is 55.7 Å². The normalized spacial score (nSPS) is 11.7. The van der Waals surface area contributed by atoms with Gasteiger partial charge in [0.1, 0.15) is 0 Å². The first-order valence-electron chi connectivity index (χ1n) is 18.3. The van der Waals surface area contributed by atoms with Crippen LogP contribution in [0.5, 0.6) is 0 Å². The molecule has 0 aliphatic carbocycles. The Morgan fingerprint density at radius 3 is 1.57 bits per heavy atom. The van der Waals surface area contributed by atoms with Gasteiger partial charge >= 0.3 is 0 Å². The predicted octanol–water partition coefficient (Wildman–Crippen LogP) is 12.8. The van der Waals surface area contributed by atoms with E-state index in [0.29, 0.717) is 5.82 Å². The third kappa shape index (κ3) is 4.78. The van der Waals surface area contributed by atoms with Gasteiger partial charge in [0, 0.05) is 49.4 Å². The van der Waals surface area contributed by atoms with Crippen molar-refractivity contribution in [3.63, 3.8) is 0 Å². The Bertz CT molecular complexity index is 3210. The Kier molecular flexibility index (Phi) is 6.82. The summed E-state index contributed by atoms with van der Waals surface area (Å²) < 4.78 is 4.71. The minimum atomic E-state index is 0.710. The average molecular weight is 689 g/mol. The molecule has 4 heteroatoms. The molecule has 0 amide bonds. The maximum atomic E-state index is 5.34. The number of aromatic nitrogens is 4. The van der Waals surface area contributed by atoms with Crippen LogP contribution in [0, 0.1) is 0 Å². The lowest BCUT2D eigenvalue weighted by Gasteiger charge is -2.12. The Morgan fingerprint density at radius 1 is 0.296 bits per heavy atom. The van der Waals surface area contributed by atoms with Gasteiger partial charge in [0.15, 0.2) is 5.82 Å². The monoisotopic (exact) mass is 688 g/mol. The van der Waals surface area contributed by atoms with E-state index < -0.39 is 0 Å². The SMILES string of the molecule is c1ccc(-n2c3ccccc3c3cc(-c4nc(-c5cccc(-c6ccc7c8ccccc8n(-c8ccccc8)c7c6)c5)c5ccccc5n4)ccc32)cc1. The molecular formula is C50H32N4. The minimum absolute atomic E-state index is 0.710. The van der Waals surface area contributed by atoms with Crippen LogP contribution < -0.4 is 0 Å². The number of nitrogens with zero attached hydrogens (tertiary/aromatic N) is 4. The number of hydrogen-bond acceptors (Lipinski definition) is 2. The lowest BCUT2D eigenvalue weighted by molar-refractivity contribution is 1.18. The van der Waals surface area contributed by atoms with Crippen LogP contribution in [0.1, 0.15) is 0 Å². The average Bonchev–Trinajstić information content (AvgIpc) is 3.76. The van der Waals surface area contributed by atoms with Gasteiger partial charge in [0.25, 0.3) is 0 Å². The summed E-state index contributed by atoms with van der Waals surface area (Å²) in [7, 11) is 0. The third-order valence-corrected chi connectivity index (χ3v) is 10.7. The summed E-state index contributed by atoms with van der Waals surface area (Å²) in [6.07, 6.45) is 0. The number of hydrogen-bond donors (Lipinski definition) is 0. The van der Waals surface area contributed by atoms with Crippen LogP contribution >= 0.6 is 0 Å². The van der Waals surface area contributed by atoms with Crippen LogP contribution in [0.3, 0.4) is 0 Å². The van der Waals surface area contributed by atoms with Crippen LogP contribution in [-0.2, 0) is 0 Å². The van der Waals surface area contributed by atoms with Gasteiger partial charge in [-0.05, 0) is 83.9 Å². The van der Waals surface area contributed by atoms with Gasteiger partial charge in [-0.3, -0.25) is 0 Å². The Morgan fingerprint density at radius 2 is 0.833 bits per heavy atom. The number of rotatable bonds is 5. The zero-order chi connectivity index (χ0) is 35.6. The van der Waals surface area contributed by atoms with Crippen molar-refractivity contribution in [3.05, 3.63) is 194 Å². The lowest BCUT2D eigenvalue weighted by atomic mass is 9.98. The fourth-order valence-corrected chi connectivity index (χ4v) is 8.24. The topological polar surface area (TPSA) is 35.6 Å². The van der Waals surface area contributed by atoms with Crippen LogP contribution in [0.25, 0.3) is 99.7 Å². The van der Waals surface area contributed by atoms with Crippen LogP contribution in [0.2, 0.25) is 0 Å². The van der Waals surface area contributed by atoms with Gasteiger partial charge in [-0.2, -0.15) is 0 Å². The van der Waals surface area contributed by atoms with Crippen LogP contribution in [0.4, 0.5) is 0 Å². The van der Waals surface area contributed by atoms with Crippen molar-refractivity contribution in [2.75, 3.05) is 0 Å². The molecule has 0 aliphatic rings. The van der Waals surface area contributed by atoms with Crippen molar-refractivity contribution in [2.45, 2.75) is 0 Å². The maximum absolute atomic E-state index is 5.34. The molecule has 11 rings (SSSR count). The summed E-state index contributed by atoms with van der Waals surface area (Å²) in [4.78, 5) is 10.5. The second kappa shape index (κ2) is 12.1. The van der Waals surface area contributed by atoms with Crippen LogP contribution in [0.15, 0.2) is 194 Å². The molecule has 0 aliphatic heterocycles. The zero-order valence-corrected chi connectivity index (χ0v) is 29.3. The second-order valence-corrected chi connectivity index (χ2v) is 13.8. The van der Waals surface area contributed by atoms with E-state index in [1.165, 1.54) is 38.1 Å². The quantitative estimate of drug-likeness (QED) is 0.180. The van der Waals surface area contributed by atoms with Crippen LogP contribution in [-0.4, -0.2) is 19.1 Å².